The molecule has 0 unspecified atom stereocenters. The number of nitrogens with zero attached hydrogens (tertiary/aromatic N) is 3. The highest BCUT2D eigenvalue weighted by Gasteiger charge is 2.20. The summed E-state index contributed by atoms with van der Waals surface area (Å²) in [6, 6.07) is 7.71. The van der Waals surface area contributed by atoms with Gasteiger partial charge in [0.2, 0.25) is 0 Å². The molecule has 2 heterocycles. The molecule has 2 aromatic rings. The molecule has 1 aromatic heterocycles. The van der Waals surface area contributed by atoms with Gasteiger partial charge < -0.3 is 15.0 Å². The second-order valence-corrected chi connectivity index (χ2v) is 6.35. The summed E-state index contributed by atoms with van der Waals surface area (Å²) in [5, 5.41) is 2.99. The van der Waals surface area contributed by atoms with E-state index in [4.69, 9.17) is 4.74 Å². The minimum atomic E-state index is -0.0698. The predicted octanol–water partition coefficient (Wildman–Crippen LogP) is 2.20. The Morgan fingerprint density at radius 3 is 2.80 bits per heavy atom. The van der Waals surface area contributed by atoms with Crippen LogP contribution < -0.4 is 15.0 Å². The third kappa shape index (κ3) is 4.92. The van der Waals surface area contributed by atoms with Gasteiger partial charge in [-0.25, -0.2) is 4.98 Å². The van der Waals surface area contributed by atoms with Crippen molar-refractivity contribution < 1.29 is 9.53 Å². The number of para-hydroxylation sites is 1. The number of amides is 1. The first-order valence-corrected chi connectivity index (χ1v) is 8.68. The molecule has 0 aliphatic carbocycles. The summed E-state index contributed by atoms with van der Waals surface area (Å²) in [7, 11) is 0. The Morgan fingerprint density at radius 1 is 1.28 bits per heavy atom. The van der Waals surface area contributed by atoms with Crippen LogP contribution in [0.1, 0.15) is 18.4 Å². The van der Waals surface area contributed by atoms with Gasteiger partial charge in [-0.3, -0.25) is 9.78 Å². The number of anilines is 1. The van der Waals surface area contributed by atoms with Crippen LogP contribution in [0.4, 0.5) is 5.82 Å². The lowest BCUT2D eigenvalue weighted by Gasteiger charge is -2.32. The van der Waals surface area contributed by atoms with Gasteiger partial charge in [0.05, 0.1) is 6.20 Å². The number of hydrogen-bond donors (Lipinski definition) is 1. The minimum absolute atomic E-state index is 0.0588. The smallest absolute Gasteiger partial charge is 0.257 e. The van der Waals surface area contributed by atoms with Crippen LogP contribution in [0.25, 0.3) is 0 Å². The van der Waals surface area contributed by atoms with Crippen LogP contribution in [0.2, 0.25) is 0 Å². The van der Waals surface area contributed by atoms with Gasteiger partial charge in [0.1, 0.15) is 11.6 Å². The summed E-state index contributed by atoms with van der Waals surface area (Å²) in [5.41, 5.74) is 1.03. The van der Waals surface area contributed by atoms with Crippen molar-refractivity contribution in [1.29, 1.82) is 0 Å². The molecule has 1 fully saturated rings. The molecule has 1 amide bonds. The molecule has 1 aliphatic heterocycles. The molecule has 1 aromatic carbocycles. The van der Waals surface area contributed by atoms with Crippen LogP contribution in [-0.2, 0) is 4.79 Å². The molecule has 6 heteroatoms. The van der Waals surface area contributed by atoms with E-state index in [1.54, 1.807) is 18.6 Å². The molecular weight excluding hydrogens is 316 g/mol. The highest BCUT2D eigenvalue weighted by atomic mass is 16.5. The van der Waals surface area contributed by atoms with Gasteiger partial charge in [-0.1, -0.05) is 18.2 Å². The molecule has 1 aliphatic rings. The number of benzene rings is 1. The first-order chi connectivity index (χ1) is 12.2. The molecule has 6 nitrogen and oxygen atoms in total. The second-order valence-electron chi connectivity index (χ2n) is 6.35. The van der Waals surface area contributed by atoms with Gasteiger partial charge in [0.15, 0.2) is 6.61 Å². The number of carbonyl (C=O) groups excluding carboxylic acids is 1. The fraction of sp³-hybridized carbons (Fsp3) is 0.421. The van der Waals surface area contributed by atoms with Crippen LogP contribution in [0, 0.1) is 12.8 Å². The van der Waals surface area contributed by atoms with Gasteiger partial charge in [-0.05, 0) is 37.3 Å². The van der Waals surface area contributed by atoms with Crippen molar-refractivity contribution in [3.63, 3.8) is 0 Å². The number of ether oxygens (including phenoxy) is 1. The topological polar surface area (TPSA) is 67.3 Å². The molecule has 132 valence electrons. The van der Waals surface area contributed by atoms with Gasteiger partial charge >= 0.3 is 0 Å². The monoisotopic (exact) mass is 340 g/mol. The summed E-state index contributed by atoms with van der Waals surface area (Å²) in [4.78, 5) is 22.7. The lowest BCUT2D eigenvalue weighted by molar-refractivity contribution is -0.123. The van der Waals surface area contributed by atoms with E-state index in [2.05, 4.69) is 20.2 Å². The zero-order valence-electron chi connectivity index (χ0n) is 14.5. The Balaban J connectivity index is 1.37. The predicted molar refractivity (Wildman–Crippen MR) is 96.7 cm³/mol. The highest BCUT2D eigenvalue weighted by molar-refractivity contribution is 5.77. The summed E-state index contributed by atoms with van der Waals surface area (Å²) >= 11 is 0. The third-order valence-corrected chi connectivity index (χ3v) is 4.53. The Morgan fingerprint density at radius 2 is 2.08 bits per heavy atom. The van der Waals surface area contributed by atoms with E-state index in [-0.39, 0.29) is 12.5 Å². The number of carbonyl (C=O) groups is 1. The molecule has 3 rings (SSSR count). The molecular formula is C19H24N4O2. The molecule has 0 spiro atoms. The van der Waals surface area contributed by atoms with Crippen LogP contribution in [0.15, 0.2) is 42.9 Å². The van der Waals surface area contributed by atoms with Crippen molar-refractivity contribution in [3.05, 3.63) is 48.4 Å². The summed E-state index contributed by atoms with van der Waals surface area (Å²) < 4.78 is 5.58. The van der Waals surface area contributed by atoms with E-state index in [1.807, 2.05) is 31.2 Å². The van der Waals surface area contributed by atoms with Crippen molar-refractivity contribution in [2.75, 3.05) is 31.1 Å². The first kappa shape index (κ1) is 17.2. The van der Waals surface area contributed by atoms with E-state index in [0.29, 0.717) is 12.5 Å². The minimum Gasteiger partial charge on any atom is -0.484 e. The van der Waals surface area contributed by atoms with Crippen molar-refractivity contribution in [2.45, 2.75) is 19.8 Å². The van der Waals surface area contributed by atoms with E-state index in [9.17, 15) is 4.79 Å². The average molecular weight is 340 g/mol. The molecule has 0 radical (unpaired) electrons. The largest absolute Gasteiger partial charge is 0.484 e. The molecule has 0 saturated carbocycles. The quantitative estimate of drug-likeness (QED) is 0.873. The van der Waals surface area contributed by atoms with Crippen molar-refractivity contribution in [1.82, 2.24) is 15.3 Å². The number of hydrogen-bond acceptors (Lipinski definition) is 5. The van der Waals surface area contributed by atoms with Crippen LogP contribution in [-0.4, -0.2) is 42.1 Å². The Kier molecular flexibility index (Phi) is 5.82. The fourth-order valence-corrected chi connectivity index (χ4v) is 2.99. The molecule has 1 saturated heterocycles. The number of aromatic nitrogens is 2. The van der Waals surface area contributed by atoms with Crippen molar-refractivity contribution >= 4 is 11.7 Å². The molecule has 0 atom stereocenters. The van der Waals surface area contributed by atoms with E-state index >= 15 is 0 Å². The number of piperidine rings is 1. The maximum atomic E-state index is 12.0. The maximum Gasteiger partial charge on any atom is 0.257 e. The van der Waals surface area contributed by atoms with Crippen LogP contribution in [0.3, 0.4) is 0 Å². The zero-order chi connectivity index (χ0) is 17.5. The highest BCUT2D eigenvalue weighted by Crippen LogP contribution is 2.20. The van der Waals surface area contributed by atoms with E-state index in [0.717, 1.165) is 43.1 Å². The summed E-state index contributed by atoms with van der Waals surface area (Å²) in [5.74, 6) is 2.11. The lowest BCUT2D eigenvalue weighted by Crippen LogP contribution is -2.40. The second kappa shape index (κ2) is 8.46. The number of nitrogens with one attached hydrogen (secondary N) is 1. The fourth-order valence-electron chi connectivity index (χ4n) is 2.99. The average Bonchev–Trinajstić information content (AvgIpc) is 2.67. The first-order valence-electron chi connectivity index (χ1n) is 8.68. The third-order valence-electron chi connectivity index (χ3n) is 4.53. The molecule has 1 N–H and O–H groups in total. The molecule has 25 heavy (non-hydrogen) atoms. The summed E-state index contributed by atoms with van der Waals surface area (Å²) in [6.45, 7) is 4.61. The normalized spacial score (nSPS) is 15.0. The lowest BCUT2D eigenvalue weighted by atomic mass is 9.97. The van der Waals surface area contributed by atoms with Crippen molar-refractivity contribution in [2.24, 2.45) is 5.92 Å². The number of rotatable bonds is 6. The van der Waals surface area contributed by atoms with Gasteiger partial charge in [-0.15, -0.1) is 0 Å². The maximum absolute atomic E-state index is 12.0. The Hall–Kier alpha value is -2.63. The zero-order valence-corrected chi connectivity index (χ0v) is 14.5. The van der Waals surface area contributed by atoms with Gasteiger partial charge in [0, 0.05) is 32.0 Å². The number of aryl methyl sites for hydroxylation is 1. The Bertz CT molecular complexity index is 685. The SMILES string of the molecule is Cc1ccccc1OCC(=O)NCC1CCN(c2cnccn2)CC1. The van der Waals surface area contributed by atoms with Crippen LogP contribution in [0.5, 0.6) is 5.75 Å². The van der Waals surface area contributed by atoms with Crippen LogP contribution >= 0.6 is 0 Å². The summed E-state index contributed by atoms with van der Waals surface area (Å²) in [6.07, 6.45) is 7.27. The van der Waals surface area contributed by atoms with E-state index in [1.165, 1.54) is 0 Å². The van der Waals surface area contributed by atoms with Gasteiger partial charge in [-0.2, -0.15) is 0 Å². The standard InChI is InChI=1S/C19H24N4O2/c1-15-4-2-3-5-17(15)25-14-19(24)22-12-16-6-10-23(11-7-16)18-13-20-8-9-21-18/h2-5,8-9,13,16H,6-7,10-12,14H2,1H3,(H,22,24). The van der Waals surface area contributed by atoms with Crippen molar-refractivity contribution in [3.8, 4) is 5.75 Å². The van der Waals surface area contributed by atoms with Gasteiger partial charge in [0.25, 0.3) is 5.91 Å². The van der Waals surface area contributed by atoms with E-state index < -0.39 is 0 Å². The molecule has 0 bridgehead atoms. The Labute approximate surface area is 148 Å².